The highest BCUT2D eigenvalue weighted by Crippen LogP contribution is 2.43. The zero-order chi connectivity index (χ0) is 13.4. The lowest BCUT2D eigenvalue weighted by Crippen LogP contribution is -2.30. The van der Waals surface area contributed by atoms with Gasteiger partial charge in [0.05, 0.1) is 11.5 Å². The van der Waals surface area contributed by atoms with Crippen LogP contribution < -0.4 is 0 Å². The average molecular weight is 292 g/mol. The lowest BCUT2D eigenvalue weighted by molar-refractivity contribution is -0.134. The second kappa shape index (κ2) is 7.94. The molecule has 0 atom stereocenters. The zero-order valence-electron chi connectivity index (χ0n) is 10.4. The standard InChI is InChI=1S/C12H20O4S2/c13-10(14)8-17-7-6-12(18-9-11(15)16)4-2-1-3-5-12/h1-9H2,(H,13,14)(H,15,16). The van der Waals surface area contributed by atoms with Crippen LogP contribution in [0.4, 0.5) is 0 Å². The molecule has 0 bridgehead atoms. The summed E-state index contributed by atoms with van der Waals surface area (Å²) in [6, 6.07) is 0. The largest absolute Gasteiger partial charge is 0.481 e. The van der Waals surface area contributed by atoms with Crippen molar-refractivity contribution in [2.24, 2.45) is 0 Å². The van der Waals surface area contributed by atoms with Gasteiger partial charge in [-0.05, 0) is 25.0 Å². The fourth-order valence-corrected chi connectivity index (χ4v) is 4.53. The van der Waals surface area contributed by atoms with Crippen LogP contribution >= 0.6 is 23.5 Å². The van der Waals surface area contributed by atoms with Crippen molar-refractivity contribution in [2.75, 3.05) is 17.3 Å². The van der Waals surface area contributed by atoms with Crippen molar-refractivity contribution in [3.63, 3.8) is 0 Å². The lowest BCUT2D eigenvalue weighted by Gasteiger charge is -2.36. The number of hydrogen-bond donors (Lipinski definition) is 2. The molecule has 1 aliphatic carbocycles. The van der Waals surface area contributed by atoms with Crippen molar-refractivity contribution in [1.82, 2.24) is 0 Å². The van der Waals surface area contributed by atoms with Gasteiger partial charge in [0, 0.05) is 4.75 Å². The molecular weight excluding hydrogens is 272 g/mol. The molecule has 0 aromatic carbocycles. The summed E-state index contributed by atoms with van der Waals surface area (Å²) in [5, 5.41) is 17.4. The Kier molecular flexibility index (Phi) is 6.92. The van der Waals surface area contributed by atoms with Crippen LogP contribution in [0.5, 0.6) is 0 Å². The van der Waals surface area contributed by atoms with Crippen molar-refractivity contribution in [3.05, 3.63) is 0 Å². The predicted molar refractivity (Wildman–Crippen MR) is 75.5 cm³/mol. The third kappa shape index (κ3) is 6.00. The number of carboxylic acid groups (broad SMARTS) is 2. The SMILES string of the molecule is O=C(O)CSCCC1(SCC(=O)O)CCCCC1. The Hall–Kier alpha value is -0.360. The topological polar surface area (TPSA) is 74.6 Å². The quantitative estimate of drug-likeness (QED) is 0.670. The van der Waals surface area contributed by atoms with Gasteiger partial charge in [0.1, 0.15) is 0 Å². The minimum atomic E-state index is -0.782. The molecule has 0 heterocycles. The maximum atomic E-state index is 10.7. The number of carbonyl (C=O) groups is 2. The van der Waals surface area contributed by atoms with Crippen molar-refractivity contribution in [2.45, 2.75) is 43.3 Å². The van der Waals surface area contributed by atoms with E-state index >= 15 is 0 Å². The Bertz CT molecular complexity index is 288. The molecule has 0 saturated heterocycles. The second-order valence-corrected chi connectivity index (χ2v) is 7.17. The van der Waals surface area contributed by atoms with Crippen LogP contribution in [-0.4, -0.2) is 44.2 Å². The van der Waals surface area contributed by atoms with Gasteiger partial charge in [-0.15, -0.1) is 11.8 Å². The van der Waals surface area contributed by atoms with Crippen LogP contribution in [0.15, 0.2) is 0 Å². The number of thioether (sulfide) groups is 2. The monoisotopic (exact) mass is 292 g/mol. The van der Waals surface area contributed by atoms with E-state index in [-0.39, 0.29) is 16.3 Å². The summed E-state index contributed by atoms with van der Waals surface area (Å²) < 4.78 is 0.0716. The van der Waals surface area contributed by atoms with E-state index in [2.05, 4.69) is 0 Å². The van der Waals surface area contributed by atoms with Gasteiger partial charge in [-0.3, -0.25) is 9.59 Å². The number of hydrogen-bond acceptors (Lipinski definition) is 4. The fourth-order valence-electron chi connectivity index (χ4n) is 2.30. The van der Waals surface area contributed by atoms with E-state index in [4.69, 9.17) is 10.2 Å². The van der Waals surface area contributed by atoms with Gasteiger partial charge < -0.3 is 10.2 Å². The molecule has 2 N–H and O–H groups in total. The van der Waals surface area contributed by atoms with E-state index in [9.17, 15) is 9.59 Å². The van der Waals surface area contributed by atoms with Crippen LogP contribution in [0.3, 0.4) is 0 Å². The van der Waals surface area contributed by atoms with Crippen LogP contribution in [0.2, 0.25) is 0 Å². The molecule has 0 aromatic rings. The van der Waals surface area contributed by atoms with Gasteiger partial charge in [-0.1, -0.05) is 19.3 Å². The summed E-state index contributed by atoms with van der Waals surface area (Å²) in [5.74, 6) is -0.443. The molecular formula is C12H20O4S2. The highest BCUT2D eigenvalue weighted by molar-refractivity contribution is 8.01. The van der Waals surface area contributed by atoms with Crippen LogP contribution in [0.25, 0.3) is 0 Å². The summed E-state index contributed by atoms with van der Waals surface area (Å²) in [5.41, 5.74) is 0. The molecule has 104 valence electrons. The normalized spacial score (nSPS) is 18.4. The van der Waals surface area contributed by atoms with E-state index < -0.39 is 11.9 Å². The second-order valence-electron chi connectivity index (χ2n) is 4.62. The van der Waals surface area contributed by atoms with Gasteiger partial charge in [0.25, 0.3) is 0 Å². The van der Waals surface area contributed by atoms with Crippen molar-refractivity contribution in [3.8, 4) is 0 Å². The van der Waals surface area contributed by atoms with Crippen LogP contribution in [-0.2, 0) is 9.59 Å². The highest BCUT2D eigenvalue weighted by Gasteiger charge is 2.32. The van der Waals surface area contributed by atoms with E-state index in [1.54, 1.807) is 11.8 Å². The Labute approximate surface area is 116 Å². The average Bonchev–Trinajstić information content (AvgIpc) is 2.33. The summed E-state index contributed by atoms with van der Waals surface area (Å²) in [7, 11) is 0. The Morgan fingerprint density at radius 2 is 1.61 bits per heavy atom. The van der Waals surface area contributed by atoms with Gasteiger partial charge in [0.15, 0.2) is 0 Å². The van der Waals surface area contributed by atoms with Gasteiger partial charge >= 0.3 is 11.9 Å². The molecule has 0 unspecified atom stereocenters. The molecule has 1 rings (SSSR count). The third-order valence-electron chi connectivity index (χ3n) is 3.19. The number of rotatable bonds is 8. The van der Waals surface area contributed by atoms with Gasteiger partial charge in [-0.25, -0.2) is 0 Å². The smallest absolute Gasteiger partial charge is 0.313 e. The minimum Gasteiger partial charge on any atom is -0.481 e. The molecule has 1 aliphatic rings. The van der Waals surface area contributed by atoms with E-state index in [0.29, 0.717) is 0 Å². The summed E-state index contributed by atoms with van der Waals surface area (Å²) in [6.07, 6.45) is 6.62. The van der Waals surface area contributed by atoms with Crippen LogP contribution in [0, 0.1) is 0 Å². The predicted octanol–water partition coefficient (Wildman–Crippen LogP) is 2.72. The van der Waals surface area contributed by atoms with Gasteiger partial charge in [0.2, 0.25) is 0 Å². The molecule has 6 heteroatoms. The molecule has 0 spiro atoms. The van der Waals surface area contributed by atoms with Gasteiger partial charge in [-0.2, -0.15) is 11.8 Å². The van der Waals surface area contributed by atoms with E-state index in [1.807, 2.05) is 0 Å². The highest BCUT2D eigenvalue weighted by atomic mass is 32.2. The molecule has 0 aliphatic heterocycles. The van der Waals surface area contributed by atoms with Crippen molar-refractivity contribution in [1.29, 1.82) is 0 Å². The van der Waals surface area contributed by atoms with Crippen LogP contribution in [0.1, 0.15) is 38.5 Å². The molecule has 4 nitrogen and oxygen atoms in total. The molecule has 18 heavy (non-hydrogen) atoms. The molecule has 0 radical (unpaired) electrons. The number of carboxylic acids is 2. The maximum Gasteiger partial charge on any atom is 0.313 e. The third-order valence-corrected chi connectivity index (χ3v) is 5.75. The molecule has 0 amide bonds. The first-order chi connectivity index (χ1) is 8.54. The van der Waals surface area contributed by atoms with Crippen molar-refractivity contribution < 1.29 is 19.8 Å². The lowest BCUT2D eigenvalue weighted by atomic mass is 9.86. The summed E-state index contributed by atoms with van der Waals surface area (Å²) in [4.78, 5) is 21.1. The Morgan fingerprint density at radius 1 is 1.00 bits per heavy atom. The first kappa shape index (κ1) is 15.7. The first-order valence-electron chi connectivity index (χ1n) is 6.19. The molecule has 1 fully saturated rings. The minimum absolute atomic E-state index is 0.0716. The summed E-state index contributed by atoms with van der Waals surface area (Å²) in [6.45, 7) is 0. The molecule has 0 aromatic heterocycles. The molecule has 1 saturated carbocycles. The number of aliphatic carboxylic acids is 2. The van der Waals surface area contributed by atoms with Crippen molar-refractivity contribution >= 4 is 35.5 Å². The van der Waals surface area contributed by atoms with E-state index in [1.165, 1.54) is 18.2 Å². The first-order valence-corrected chi connectivity index (χ1v) is 8.33. The zero-order valence-corrected chi connectivity index (χ0v) is 12.0. The fraction of sp³-hybridized carbons (Fsp3) is 0.833. The maximum absolute atomic E-state index is 10.7. The van der Waals surface area contributed by atoms with E-state index in [0.717, 1.165) is 37.9 Å². The Balaban J connectivity index is 2.38. The Morgan fingerprint density at radius 3 is 2.17 bits per heavy atom. The summed E-state index contributed by atoms with van der Waals surface area (Å²) >= 11 is 2.98.